The number of nitrogens with zero attached hydrogens (tertiary/aromatic N) is 4. The molecule has 3 rings (SSSR count). The Morgan fingerprint density at radius 3 is 2.76 bits per heavy atom. The average molecular weight is 304 g/mol. The minimum Gasteiger partial charge on any atom is -0.369 e. The molecule has 1 aliphatic rings. The van der Waals surface area contributed by atoms with Crippen molar-refractivity contribution in [1.29, 1.82) is 0 Å². The van der Waals surface area contributed by atoms with Crippen molar-refractivity contribution in [2.75, 3.05) is 11.4 Å². The van der Waals surface area contributed by atoms with Gasteiger partial charge in [-0.05, 0) is 26.0 Å². The van der Waals surface area contributed by atoms with Crippen LogP contribution in [0.5, 0.6) is 0 Å². The van der Waals surface area contributed by atoms with Gasteiger partial charge in [-0.2, -0.15) is 5.10 Å². The first kappa shape index (κ1) is 13.9. The number of aromatic nitrogens is 2. The van der Waals surface area contributed by atoms with Crippen LogP contribution in [0.2, 0.25) is 5.02 Å². The van der Waals surface area contributed by atoms with E-state index in [2.05, 4.69) is 23.9 Å². The van der Waals surface area contributed by atoms with Crippen LogP contribution in [0, 0.1) is 0 Å². The molecule has 1 aliphatic heterocycles. The fourth-order valence-corrected chi connectivity index (χ4v) is 2.72. The molecular weight excluding hydrogens is 286 g/mol. The lowest BCUT2D eigenvalue weighted by Gasteiger charge is -2.26. The van der Waals surface area contributed by atoms with Crippen molar-refractivity contribution in [3.8, 4) is 0 Å². The standard InChI is InChI=1S/C15H18ClN5/c1-10(2)20-9-11(7-19-20)14-8-18-15(17)21(14)13-6-4-3-5-12(13)16/h3-7,9-10,14H,8H2,1-2H3,(H2,17,18). The Morgan fingerprint density at radius 2 is 2.10 bits per heavy atom. The van der Waals surface area contributed by atoms with Gasteiger partial charge in [-0.25, -0.2) is 0 Å². The second-order valence-corrected chi connectivity index (χ2v) is 5.79. The van der Waals surface area contributed by atoms with Gasteiger partial charge in [0.1, 0.15) is 0 Å². The molecule has 2 aromatic rings. The average Bonchev–Trinajstić information content (AvgIpc) is 3.06. The number of anilines is 1. The van der Waals surface area contributed by atoms with Gasteiger partial charge in [-0.3, -0.25) is 9.67 Å². The summed E-state index contributed by atoms with van der Waals surface area (Å²) >= 11 is 6.30. The van der Waals surface area contributed by atoms with Crippen LogP contribution in [0.1, 0.15) is 31.5 Å². The molecule has 6 heteroatoms. The van der Waals surface area contributed by atoms with Crippen LogP contribution in [0.15, 0.2) is 41.7 Å². The molecule has 0 spiro atoms. The van der Waals surface area contributed by atoms with Crippen molar-refractivity contribution in [3.05, 3.63) is 47.2 Å². The topological polar surface area (TPSA) is 59.4 Å². The summed E-state index contributed by atoms with van der Waals surface area (Å²) in [4.78, 5) is 6.35. The van der Waals surface area contributed by atoms with Gasteiger partial charge < -0.3 is 10.6 Å². The van der Waals surface area contributed by atoms with E-state index in [1.54, 1.807) is 0 Å². The van der Waals surface area contributed by atoms with E-state index in [4.69, 9.17) is 17.3 Å². The lowest BCUT2D eigenvalue weighted by atomic mass is 10.1. The van der Waals surface area contributed by atoms with Gasteiger partial charge in [0.05, 0.1) is 29.5 Å². The summed E-state index contributed by atoms with van der Waals surface area (Å²) in [5, 5.41) is 5.07. The predicted molar refractivity (Wildman–Crippen MR) is 85.8 cm³/mol. The Kier molecular flexibility index (Phi) is 3.59. The predicted octanol–water partition coefficient (Wildman–Crippen LogP) is 2.99. The molecule has 1 aromatic carbocycles. The summed E-state index contributed by atoms with van der Waals surface area (Å²) in [5.41, 5.74) is 8.03. The Labute approximate surface area is 129 Å². The molecule has 2 N–H and O–H groups in total. The first-order chi connectivity index (χ1) is 10.1. The maximum atomic E-state index is 6.30. The molecule has 0 amide bonds. The molecule has 110 valence electrons. The van der Waals surface area contributed by atoms with E-state index in [9.17, 15) is 0 Å². The number of hydrogen-bond donors (Lipinski definition) is 1. The first-order valence-electron chi connectivity index (χ1n) is 6.95. The minimum atomic E-state index is 0.0393. The monoisotopic (exact) mass is 303 g/mol. The van der Waals surface area contributed by atoms with E-state index in [0.717, 1.165) is 11.3 Å². The number of benzene rings is 1. The summed E-state index contributed by atoms with van der Waals surface area (Å²) in [6.07, 6.45) is 3.93. The summed E-state index contributed by atoms with van der Waals surface area (Å²) in [6, 6.07) is 8.03. The summed E-state index contributed by atoms with van der Waals surface area (Å²) in [5.74, 6) is 0.491. The normalized spacial score (nSPS) is 18.4. The lowest BCUT2D eigenvalue weighted by molar-refractivity contribution is 0.531. The molecule has 5 nitrogen and oxygen atoms in total. The van der Waals surface area contributed by atoms with Crippen LogP contribution < -0.4 is 10.6 Å². The second kappa shape index (κ2) is 5.41. The molecule has 0 radical (unpaired) electrons. The first-order valence-corrected chi connectivity index (χ1v) is 7.33. The smallest absolute Gasteiger partial charge is 0.196 e. The minimum absolute atomic E-state index is 0.0393. The Morgan fingerprint density at radius 1 is 1.33 bits per heavy atom. The maximum absolute atomic E-state index is 6.30. The number of guanidine groups is 1. The highest BCUT2D eigenvalue weighted by molar-refractivity contribution is 6.33. The largest absolute Gasteiger partial charge is 0.369 e. The molecule has 0 aliphatic carbocycles. The molecular formula is C15H18ClN5. The lowest BCUT2D eigenvalue weighted by Crippen LogP contribution is -2.36. The summed E-state index contributed by atoms with van der Waals surface area (Å²) in [7, 11) is 0. The summed E-state index contributed by atoms with van der Waals surface area (Å²) in [6.45, 7) is 4.81. The number of para-hydroxylation sites is 1. The number of nitrogens with two attached hydrogens (primary N) is 1. The quantitative estimate of drug-likeness (QED) is 0.948. The highest BCUT2D eigenvalue weighted by Gasteiger charge is 2.31. The van der Waals surface area contributed by atoms with Crippen LogP contribution in [0.3, 0.4) is 0 Å². The van der Waals surface area contributed by atoms with Crippen molar-refractivity contribution in [2.24, 2.45) is 10.7 Å². The molecule has 21 heavy (non-hydrogen) atoms. The third-order valence-electron chi connectivity index (χ3n) is 3.63. The SMILES string of the molecule is CC(C)n1cc(C2CN=C(N)N2c2ccccc2Cl)cn1. The van der Waals surface area contributed by atoms with Crippen molar-refractivity contribution in [3.63, 3.8) is 0 Å². The van der Waals surface area contributed by atoms with Crippen molar-refractivity contribution < 1.29 is 0 Å². The molecule has 0 saturated carbocycles. The third-order valence-corrected chi connectivity index (χ3v) is 3.95. The second-order valence-electron chi connectivity index (χ2n) is 5.38. The fourth-order valence-electron chi connectivity index (χ4n) is 2.50. The van der Waals surface area contributed by atoms with Gasteiger partial charge in [0.25, 0.3) is 0 Å². The van der Waals surface area contributed by atoms with Gasteiger partial charge in [0.15, 0.2) is 5.96 Å². The molecule has 0 saturated heterocycles. The zero-order valence-corrected chi connectivity index (χ0v) is 12.8. The van der Waals surface area contributed by atoms with Crippen LogP contribution in [0.4, 0.5) is 5.69 Å². The van der Waals surface area contributed by atoms with Gasteiger partial charge in [-0.1, -0.05) is 23.7 Å². The Balaban J connectivity index is 1.97. The zero-order valence-electron chi connectivity index (χ0n) is 12.1. The molecule has 2 heterocycles. The van der Waals surface area contributed by atoms with Gasteiger partial charge in [0.2, 0.25) is 0 Å². The van der Waals surface area contributed by atoms with Gasteiger partial charge in [-0.15, -0.1) is 0 Å². The molecule has 1 atom stereocenters. The third kappa shape index (κ3) is 2.49. The molecule has 1 unspecified atom stereocenters. The molecule has 0 bridgehead atoms. The summed E-state index contributed by atoms with van der Waals surface area (Å²) < 4.78 is 1.94. The fraction of sp³-hybridized carbons (Fsp3) is 0.333. The van der Waals surface area contributed by atoms with E-state index in [0.29, 0.717) is 23.6 Å². The Hall–Kier alpha value is -2.01. The van der Waals surface area contributed by atoms with Crippen molar-refractivity contribution >= 4 is 23.2 Å². The number of hydrogen-bond acceptors (Lipinski definition) is 4. The highest BCUT2D eigenvalue weighted by atomic mass is 35.5. The van der Waals surface area contributed by atoms with E-state index >= 15 is 0 Å². The highest BCUT2D eigenvalue weighted by Crippen LogP contribution is 2.35. The number of rotatable bonds is 3. The number of halogens is 1. The molecule has 1 aromatic heterocycles. The van der Waals surface area contributed by atoms with E-state index in [1.807, 2.05) is 46.2 Å². The van der Waals surface area contributed by atoms with Crippen molar-refractivity contribution in [2.45, 2.75) is 25.9 Å². The van der Waals surface area contributed by atoms with Gasteiger partial charge in [0, 0.05) is 17.8 Å². The van der Waals surface area contributed by atoms with E-state index in [-0.39, 0.29) is 6.04 Å². The number of aliphatic imine (C=N–C) groups is 1. The van der Waals surface area contributed by atoms with E-state index in [1.165, 1.54) is 0 Å². The van der Waals surface area contributed by atoms with E-state index < -0.39 is 0 Å². The van der Waals surface area contributed by atoms with Crippen LogP contribution in [-0.2, 0) is 0 Å². The van der Waals surface area contributed by atoms with Crippen molar-refractivity contribution in [1.82, 2.24) is 9.78 Å². The van der Waals surface area contributed by atoms with Gasteiger partial charge >= 0.3 is 0 Å². The van der Waals surface area contributed by atoms with Crippen LogP contribution in [-0.4, -0.2) is 22.3 Å². The maximum Gasteiger partial charge on any atom is 0.196 e. The van der Waals surface area contributed by atoms with Crippen LogP contribution in [0.25, 0.3) is 0 Å². The Bertz CT molecular complexity index is 676. The van der Waals surface area contributed by atoms with Crippen LogP contribution >= 0.6 is 11.6 Å². The molecule has 0 fully saturated rings. The zero-order chi connectivity index (χ0) is 15.0.